The normalized spacial score (nSPS) is 22.3. The van der Waals surface area contributed by atoms with E-state index in [0.717, 1.165) is 12.8 Å². The average molecular weight is 853 g/mol. The van der Waals surface area contributed by atoms with Crippen LogP contribution in [0.1, 0.15) is 91.7 Å². The molecule has 1 aromatic rings. The number of hydrogen-bond donors (Lipinski definition) is 2. The van der Waals surface area contributed by atoms with Gasteiger partial charge in [-0.05, 0) is 44.1 Å². The molecule has 3 aliphatic rings. The van der Waals surface area contributed by atoms with Gasteiger partial charge in [0.1, 0.15) is 17.7 Å². The van der Waals surface area contributed by atoms with E-state index in [1.807, 2.05) is 20.8 Å². The lowest BCUT2D eigenvalue weighted by atomic mass is 9.84. The van der Waals surface area contributed by atoms with Gasteiger partial charge in [0.05, 0.1) is 9.28 Å². The number of benzene rings is 1. The van der Waals surface area contributed by atoms with Crippen molar-refractivity contribution in [2.75, 3.05) is 20.6 Å². The standard InChI is InChI=1S/C38H52Br2N4O8/c1-36(2,3)32(42-35(51)52-37(4,5)6)34(50)44-20-24-28(38(24,39)40)30(44)26(46)19-23(18-21-14-15-21)31(48)25(45)16-17-27(47)41-29(33(49)43(7)8)22-12-10-9-11-13-22/h9-13,21,23-24,28-30,32H,14-20H2,1-8H3,(H,41,47)(H,42,51)/t23?,24-,28-,29-,30+,32+/m0/s1. The number of likely N-dealkylation sites (N-methyl/N-ethyl adjacent to an activating group) is 1. The number of fused-ring (bicyclic) bond motifs is 1. The molecule has 4 amide bonds. The van der Waals surface area contributed by atoms with Crippen molar-refractivity contribution >= 4 is 73.0 Å². The molecule has 1 aromatic carbocycles. The van der Waals surface area contributed by atoms with Crippen molar-refractivity contribution in [3.8, 4) is 0 Å². The van der Waals surface area contributed by atoms with Crippen LogP contribution in [0, 0.1) is 29.1 Å². The molecule has 1 unspecified atom stereocenters. The summed E-state index contributed by atoms with van der Waals surface area (Å²) in [7, 11) is 3.16. The highest BCUT2D eigenvalue weighted by molar-refractivity contribution is 9.25. The number of amides is 4. The number of alkyl halides is 2. The number of Topliss-reactive ketones (excluding diaryl/α,β-unsaturated/α-hetero) is 3. The Bertz CT molecular complexity index is 1560. The van der Waals surface area contributed by atoms with Crippen molar-refractivity contribution in [3.05, 3.63) is 35.9 Å². The summed E-state index contributed by atoms with van der Waals surface area (Å²) in [6, 6.07) is 5.91. The second-order valence-electron chi connectivity index (χ2n) is 16.7. The second kappa shape index (κ2) is 16.1. The smallest absolute Gasteiger partial charge is 0.408 e. The van der Waals surface area contributed by atoms with Crippen molar-refractivity contribution < 1.29 is 38.3 Å². The van der Waals surface area contributed by atoms with Crippen molar-refractivity contribution in [3.63, 3.8) is 0 Å². The predicted molar refractivity (Wildman–Crippen MR) is 201 cm³/mol. The Hall–Kier alpha value is -3.13. The third-order valence-electron chi connectivity index (χ3n) is 9.83. The van der Waals surface area contributed by atoms with Gasteiger partial charge < -0.3 is 25.2 Å². The molecule has 3 fully saturated rings. The Morgan fingerprint density at radius 2 is 1.56 bits per heavy atom. The first-order valence-corrected chi connectivity index (χ1v) is 19.4. The van der Waals surface area contributed by atoms with Crippen LogP contribution in [0.5, 0.6) is 0 Å². The van der Waals surface area contributed by atoms with Gasteiger partial charge in [-0.1, -0.05) is 95.8 Å². The third kappa shape index (κ3) is 10.3. The molecule has 0 bridgehead atoms. The zero-order valence-electron chi connectivity index (χ0n) is 31.3. The van der Waals surface area contributed by atoms with E-state index in [1.54, 1.807) is 65.2 Å². The zero-order chi connectivity index (χ0) is 38.9. The Labute approximate surface area is 323 Å². The van der Waals surface area contributed by atoms with Gasteiger partial charge in [0, 0.05) is 57.7 Å². The quantitative estimate of drug-likeness (QED) is 0.182. The molecule has 1 heterocycles. The summed E-state index contributed by atoms with van der Waals surface area (Å²) in [5.74, 6) is -4.14. The predicted octanol–water partition coefficient (Wildman–Crippen LogP) is 5.11. The lowest BCUT2D eigenvalue weighted by Gasteiger charge is -2.37. The highest BCUT2D eigenvalue weighted by atomic mass is 79.9. The average Bonchev–Trinajstić information content (AvgIpc) is 3.90. The van der Waals surface area contributed by atoms with Gasteiger partial charge in [-0.3, -0.25) is 28.8 Å². The number of halogens is 2. The lowest BCUT2D eigenvalue weighted by molar-refractivity contribution is -0.144. The largest absolute Gasteiger partial charge is 0.444 e. The number of nitrogens with one attached hydrogen (secondary N) is 2. The van der Waals surface area contributed by atoms with E-state index >= 15 is 0 Å². The Balaban J connectivity index is 1.46. The molecule has 1 aliphatic heterocycles. The number of ether oxygens (including phenoxy) is 1. The van der Waals surface area contributed by atoms with Crippen LogP contribution in [-0.4, -0.2) is 92.5 Å². The van der Waals surface area contributed by atoms with Crippen molar-refractivity contribution in [1.29, 1.82) is 0 Å². The number of ketones is 3. The topological polar surface area (TPSA) is 159 Å². The summed E-state index contributed by atoms with van der Waals surface area (Å²) in [6.45, 7) is 10.9. The molecule has 14 heteroatoms. The maximum atomic E-state index is 14.2. The van der Waals surface area contributed by atoms with Crippen molar-refractivity contribution in [1.82, 2.24) is 20.4 Å². The minimum Gasteiger partial charge on any atom is -0.444 e. The van der Waals surface area contributed by atoms with Gasteiger partial charge in [0.2, 0.25) is 23.5 Å². The molecular formula is C38H52Br2N4O8. The molecule has 1 saturated heterocycles. The van der Waals surface area contributed by atoms with Gasteiger partial charge >= 0.3 is 6.09 Å². The SMILES string of the molecule is CN(C)C(=O)[C@@H](NC(=O)CCC(=O)C(=O)C(CC(=O)[C@@H]1[C@@H]2[C@H](CN1C(=O)[C@@H](NC(=O)OC(C)(C)C)C(C)(C)C)C2(Br)Br)CC1CC1)c1ccccc1. The number of rotatable bonds is 15. The Morgan fingerprint density at radius 3 is 2.10 bits per heavy atom. The first kappa shape index (κ1) is 41.6. The molecule has 2 N–H and O–H groups in total. The van der Waals surface area contributed by atoms with Crippen LogP contribution in [0.3, 0.4) is 0 Å². The van der Waals surface area contributed by atoms with Crippen molar-refractivity contribution in [2.24, 2.45) is 29.1 Å². The minimum atomic E-state index is -0.999. The molecule has 0 radical (unpaired) electrons. The summed E-state index contributed by atoms with van der Waals surface area (Å²) in [6.07, 6.45) is 0.504. The van der Waals surface area contributed by atoms with E-state index in [2.05, 4.69) is 42.5 Å². The van der Waals surface area contributed by atoms with Crippen LogP contribution in [0.15, 0.2) is 30.3 Å². The molecule has 6 atom stereocenters. The summed E-state index contributed by atoms with van der Waals surface area (Å²) in [5.41, 5.74) is -0.921. The molecule has 12 nitrogen and oxygen atoms in total. The first-order chi connectivity index (χ1) is 24.0. The summed E-state index contributed by atoms with van der Waals surface area (Å²) < 4.78 is 4.88. The Kier molecular flexibility index (Phi) is 12.9. The maximum Gasteiger partial charge on any atom is 0.408 e. The van der Waals surface area contributed by atoms with Gasteiger partial charge in [-0.15, -0.1) is 0 Å². The second-order valence-corrected chi connectivity index (χ2v) is 20.4. The van der Waals surface area contributed by atoms with E-state index < -0.39 is 67.8 Å². The fourth-order valence-corrected chi connectivity index (χ4v) is 8.58. The summed E-state index contributed by atoms with van der Waals surface area (Å²) in [5, 5.41) is 5.42. The third-order valence-corrected chi connectivity index (χ3v) is 12.1. The summed E-state index contributed by atoms with van der Waals surface area (Å²) in [4.78, 5) is 96.9. The van der Waals surface area contributed by atoms with Crippen molar-refractivity contribution in [2.45, 2.75) is 107 Å². The number of nitrogens with zero attached hydrogens (tertiary/aromatic N) is 2. The molecule has 4 rings (SSSR count). The summed E-state index contributed by atoms with van der Waals surface area (Å²) >= 11 is 7.34. The van der Waals surface area contributed by atoms with E-state index in [1.165, 1.54) is 9.80 Å². The lowest BCUT2D eigenvalue weighted by Crippen LogP contribution is -2.58. The van der Waals surface area contributed by atoms with E-state index in [-0.39, 0.29) is 55.3 Å². The maximum absolute atomic E-state index is 14.2. The van der Waals surface area contributed by atoms with Gasteiger partial charge in [-0.2, -0.15) is 0 Å². The number of likely N-dealkylation sites (tertiary alicyclic amines) is 1. The number of carbonyl (C=O) groups excluding carboxylic acids is 7. The van der Waals surface area contributed by atoms with Crippen LogP contribution >= 0.6 is 31.9 Å². The van der Waals surface area contributed by atoms with Gasteiger partial charge in [0.25, 0.3) is 0 Å². The van der Waals surface area contributed by atoms with Crippen LogP contribution < -0.4 is 10.6 Å². The van der Waals surface area contributed by atoms with E-state index in [9.17, 15) is 33.6 Å². The van der Waals surface area contributed by atoms with Crippen LogP contribution in [0.2, 0.25) is 0 Å². The monoisotopic (exact) mass is 850 g/mol. The molecule has 2 aliphatic carbocycles. The minimum absolute atomic E-state index is 0.0793. The zero-order valence-corrected chi connectivity index (χ0v) is 34.5. The van der Waals surface area contributed by atoms with Crippen LogP contribution in [-0.2, 0) is 33.5 Å². The molecular weight excluding hydrogens is 800 g/mol. The fraction of sp³-hybridized carbons (Fsp3) is 0.658. The molecule has 2 saturated carbocycles. The molecule has 52 heavy (non-hydrogen) atoms. The highest BCUT2D eigenvalue weighted by Crippen LogP contribution is 2.68. The van der Waals surface area contributed by atoms with Crippen LogP contribution in [0.4, 0.5) is 4.79 Å². The fourth-order valence-electron chi connectivity index (χ4n) is 6.85. The van der Waals surface area contributed by atoms with Gasteiger partial charge in [-0.25, -0.2) is 4.79 Å². The van der Waals surface area contributed by atoms with E-state index in [4.69, 9.17) is 4.74 Å². The molecule has 0 spiro atoms. The highest BCUT2D eigenvalue weighted by Gasteiger charge is 2.72. The number of hydrogen-bond acceptors (Lipinski definition) is 8. The van der Waals surface area contributed by atoms with Crippen LogP contribution in [0.25, 0.3) is 0 Å². The number of alkyl carbamates (subject to hydrolysis) is 1. The number of carbonyl (C=O) groups is 7. The van der Waals surface area contributed by atoms with E-state index in [0.29, 0.717) is 12.0 Å². The number of piperidine rings is 1. The molecule has 0 aromatic heterocycles. The Morgan fingerprint density at radius 1 is 0.942 bits per heavy atom. The molecule has 286 valence electrons. The first-order valence-electron chi connectivity index (χ1n) is 17.9. The van der Waals surface area contributed by atoms with Gasteiger partial charge in [0.15, 0.2) is 11.6 Å².